The number of rotatable bonds is 1. The van der Waals surface area contributed by atoms with Gasteiger partial charge in [0.25, 0.3) is 0 Å². The molecule has 0 aromatic carbocycles. The van der Waals surface area contributed by atoms with E-state index in [4.69, 9.17) is 9.47 Å². The zero-order valence-corrected chi connectivity index (χ0v) is 7.11. The van der Waals surface area contributed by atoms with E-state index < -0.39 is 17.9 Å². The quantitative estimate of drug-likeness (QED) is 0.454. The Kier molecular flexibility index (Phi) is 2.49. The van der Waals surface area contributed by atoms with Crippen molar-refractivity contribution in [3.05, 3.63) is 12.2 Å². The summed E-state index contributed by atoms with van der Waals surface area (Å²) in [6, 6.07) is 0. The second-order valence-electron chi connectivity index (χ2n) is 3.01. The van der Waals surface area contributed by atoms with Gasteiger partial charge in [0.15, 0.2) is 0 Å². The van der Waals surface area contributed by atoms with Crippen molar-refractivity contribution in [1.82, 2.24) is 0 Å². The van der Waals surface area contributed by atoms with Crippen LogP contribution >= 0.6 is 0 Å². The maximum absolute atomic E-state index is 10.5. The predicted molar refractivity (Wildman–Crippen MR) is 41.3 cm³/mol. The Balaban J connectivity index is 2.48. The number of ether oxygens (including phenoxy) is 2. The minimum atomic E-state index is -0.948. The van der Waals surface area contributed by atoms with Crippen molar-refractivity contribution < 1.29 is 19.4 Å². The van der Waals surface area contributed by atoms with Crippen LogP contribution in [0.4, 0.5) is 0 Å². The third-order valence-corrected chi connectivity index (χ3v) is 1.43. The molecule has 68 valence electrons. The normalized spacial score (nSPS) is 34.8. The lowest BCUT2D eigenvalue weighted by molar-refractivity contribution is -0.177. The van der Waals surface area contributed by atoms with Crippen LogP contribution < -0.4 is 0 Å². The van der Waals surface area contributed by atoms with E-state index >= 15 is 0 Å². The highest BCUT2D eigenvalue weighted by molar-refractivity contribution is 5.66. The molecule has 1 aliphatic heterocycles. The van der Waals surface area contributed by atoms with Gasteiger partial charge in [-0.2, -0.15) is 0 Å². The van der Waals surface area contributed by atoms with Crippen LogP contribution in [0.15, 0.2) is 12.2 Å². The second kappa shape index (κ2) is 3.25. The van der Waals surface area contributed by atoms with E-state index in [0.29, 0.717) is 0 Å². The van der Waals surface area contributed by atoms with Gasteiger partial charge < -0.3 is 14.6 Å². The SMILES string of the molecule is CC(=O)O[C@@H]1C=C[C@](C)(O)CO1. The number of carbonyl (C=O) groups excluding carboxylic acids is 1. The Morgan fingerprint density at radius 3 is 2.92 bits per heavy atom. The monoisotopic (exact) mass is 172 g/mol. The largest absolute Gasteiger partial charge is 0.432 e. The highest BCUT2D eigenvalue weighted by atomic mass is 16.7. The fraction of sp³-hybridized carbons (Fsp3) is 0.625. The third-order valence-electron chi connectivity index (χ3n) is 1.43. The van der Waals surface area contributed by atoms with Crippen molar-refractivity contribution in [3.8, 4) is 0 Å². The standard InChI is InChI=1S/C8H12O4/c1-6(9)12-7-3-4-8(2,10)5-11-7/h3-4,7,10H,5H2,1-2H3/t7-,8+/m1/s1. The third kappa shape index (κ3) is 2.64. The maximum Gasteiger partial charge on any atom is 0.305 e. The molecule has 0 aromatic rings. The van der Waals surface area contributed by atoms with Crippen molar-refractivity contribution in [2.75, 3.05) is 6.61 Å². The molecule has 0 fully saturated rings. The molecule has 1 N–H and O–H groups in total. The number of hydrogen-bond donors (Lipinski definition) is 1. The van der Waals surface area contributed by atoms with Crippen molar-refractivity contribution in [2.24, 2.45) is 0 Å². The molecular formula is C8H12O4. The topological polar surface area (TPSA) is 55.8 Å². The average molecular weight is 172 g/mol. The molecule has 0 radical (unpaired) electrons. The van der Waals surface area contributed by atoms with Gasteiger partial charge in [0.05, 0.1) is 6.61 Å². The number of esters is 1. The van der Waals surface area contributed by atoms with Crippen molar-refractivity contribution in [3.63, 3.8) is 0 Å². The van der Waals surface area contributed by atoms with Gasteiger partial charge in [-0.15, -0.1) is 0 Å². The average Bonchev–Trinajstić information content (AvgIpc) is 1.93. The Bertz CT molecular complexity index is 207. The van der Waals surface area contributed by atoms with Crippen molar-refractivity contribution >= 4 is 5.97 Å². The Morgan fingerprint density at radius 1 is 1.83 bits per heavy atom. The summed E-state index contributed by atoms with van der Waals surface area (Å²) in [7, 11) is 0. The molecule has 0 aromatic heterocycles. The van der Waals surface area contributed by atoms with Gasteiger partial charge in [0.2, 0.25) is 6.29 Å². The predicted octanol–water partition coefficient (Wildman–Crippen LogP) is 0.213. The van der Waals surface area contributed by atoms with Crippen molar-refractivity contribution in [1.29, 1.82) is 0 Å². The lowest BCUT2D eigenvalue weighted by atomic mass is 10.1. The molecule has 0 amide bonds. The van der Waals surface area contributed by atoms with E-state index in [0.717, 1.165) is 0 Å². The zero-order chi connectivity index (χ0) is 9.19. The van der Waals surface area contributed by atoms with Gasteiger partial charge in [-0.05, 0) is 19.1 Å². The maximum atomic E-state index is 10.5. The highest BCUT2D eigenvalue weighted by Gasteiger charge is 2.25. The van der Waals surface area contributed by atoms with Gasteiger partial charge in [-0.25, -0.2) is 0 Å². The highest BCUT2D eigenvalue weighted by Crippen LogP contribution is 2.15. The van der Waals surface area contributed by atoms with Gasteiger partial charge >= 0.3 is 5.97 Å². The first-order valence-corrected chi connectivity index (χ1v) is 3.70. The van der Waals surface area contributed by atoms with Gasteiger partial charge in [-0.3, -0.25) is 4.79 Å². The lowest BCUT2D eigenvalue weighted by Gasteiger charge is -2.27. The molecule has 2 atom stereocenters. The summed E-state index contributed by atoms with van der Waals surface area (Å²) < 4.78 is 9.75. The molecule has 0 unspecified atom stereocenters. The van der Waals surface area contributed by atoms with E-state index in [2.05, 4.69) is 0 Å². The molecular weight excluding hydrogens is 160 g/mol. The number of hydrogen-bond acceptors (Lipinski definition) is 4. The van der Waals surface area contributed by atoms with Gasteiger partial charge in [-0.1, -0.05) is 0 Å². The van der Waals surface area contributed by atoms with Crippen LogP contribution in [0.25, 0.3) is 0 Å². The summed E-state index contributed by atoms with van der Waals surface area (Å²) in [6.45, 7) is 3.07. The molecule has 0 saturated carbocycles. The molecule has 4 nitrogen and oxygen atoms in total. The van der Waals surface area contributed by atoms with Gasteiger partial charge in [0.1, 0.15) is 5.60 Å². The first-order valence-electron chi connectivity index (χ1n) is 3.70. The summed E-state index contributed by atoms with van der Waals surface area (Å²) in [5.41, 5.74) is -0.948. The molecule has 0 bridgehead atoms. The second-order valence-corrected chi connectivity index (χ2v) is 3.01. The smallest absolute Gasteiger partial charge is 0.305 e. The van der Waals surface area contributed by atoms with Crippen LogP contribution in [0.3, 0.4) is 0 Å². The fourth-order valence-corrected chi connectivity index (χ4v) is 0.877. The molecule has 12 heavy (non-hydrogen) atoms. The summed E-state index contributed by atoms with van der Waals surface area (Å²) in [5.74, 6) is -0.397. The molecule has 1 aliphatic rings. The molecule has 0 saturated heterocycles. The first-order chi connectivity index (χ1) is 5.49. The minimum absolute atomic E-state index is 0.140. The number of carbonyl (C=O) groups is 1. The Morgan fingerprint density at radius 2 is 2.50 bits per heavy atom. The summed E-state index contributed by atoms with van der Waals surface area (Å²) >= 11 is 0. The van der Waals surface area contributed by atoms with E-state index in [1.54, 1.807) is 13.0 Å². The van der Waals surface area contributed by atoms with Gasteiger partial charge in [0, 0.05) is 6.92 Å². The summed E-state index contributed by atoms with van der Waals surface area (Å²) in [6.07, 6.45) is 2.43. The molecule has 4 heteroatoms. The molecule has 1 heterocycles. The van der Waals surface area contributed by atoms with Crippen LogP contribution in [0.1, 0.15) is 13.8 Å². The zero-order valence-electron chi connectivity index (χ0n) is 7.11. The van der Waals surface area contributed by atoms with E-state index in [1.165, 1.54) is 13.0 Å². The summed E-state index contributed by atoms with van der Waals surface area (Å²) in [5, 5.41) is 9.37. The minimum Gasteiger partial charge on any atom is -0.432 e. The van der Waals surface area contributed by atoms with E-state index in [9.17, 15) is 9.90 Å². The Hall–Kier alpha value is -0.870. The van der Waals surface area contributed by atoms with Crippen molar-refractivity contribution in [2.45, 2.75) is 25.7 Å². The van der Waals surface area contributed by atoms with Crippen LogP contribution in [0, 0.1) is 0 Å². The molecule has 0 spiro atoms. The van der Waals surface area contributed by atoms with E-state index in [-0.39, 0.29) is 6.61 Å². The van der Waals surface area contributed by atoms with E-state index in [1.807, 2.05) is 0 Å². The van der Waals surface area contributed by atoms with Crippen LogP contribution in [-0.4, -0.2) is 29.6 Å². The Labute approximate surface area is 70.8 Å². The molecule has 0 aliphatic carbocycles. The first kappa shape index (κ1) is 9.22. The number of aliphatic hydroxyl groups is 1. The lowest BCUT2D eigenvalue weighted by Crippen LogP contribution is -2.36. The fourth-order valence-electron chi connectivity index (χ4n) is 0.877. The summed E-state index contributed by atoms with van der Waals surface area (Å²) in [4.78, 5) is 10.5. The van der Waals surface area contributed by atoms with Crippen LogP contribution in [0.5, 0.6) is 0 Å². The molecule has 1 rings (SSSR count). The van der Waals surface area contributed by atoms with Crippen LogP contribution in [0.2, 0.25) is 0 Å². The van der Waals surface area contributed by atoms with Crippen LogP contribution in [-0.2, 0) is 14.3 Å².